The zero-order valence-electron chi connectivity index (χ0n) is 23.2. The highest BCUT2D eigenvalue weighted by atomic mass is 35.5. The van der Waals surface area contributed by atoms with Gasteiger partial charge in [0, 0.05) is 15.1 Å². The zero-order valence-corrected chi connectivity index (χ0v) is 25.6. The van der Waals surface area contributed by atoms with Gasteiger partial charge in [-0.05, 0) is 40.7 Å². The quantitative estimate of drug-likeness (QED) is 0.402. The first-order chi connectivity index (χ1) is 19.7. The van der Waals surface area contributed by atoms with Gasteiger partial charge in [0.25, 0.3) is 5.91 Å². The molecule has 6 rings (SSSR count). The number of carbonyl (C=O) groups is 5. The predicted octanol–water partition coefficient (Wildman–Crippen LogP) is 2.10. The molecule has 5 heterocycles. The molecule has 3 N–H and O–H groups in total. The second-order valence-electron chi connectivity index (χ2n) is 11.7. The van der Waals surface area contributed by atoms with E-state index in [1.807, 2.05) is 13.8 Å². The van der Waals surface area contributed by atoms with Crippen molar-refractivity contribution in [3.63, 3.8) is 0 Å². The molecule has 1 aromatic heterocycles. The highest BCUT2D eigenvalue weighted by Crippen LogP contribution is 2.53. The number of fused-ring (bicyclic) bond motifs is 2. The average molecular weight is 634 g/mol. The molecule has 4 aliphatic rings. The molecule has 2 aromatic rings. The molecule has 222 valence electrons. The molecule has 12 nitrogen and oxygen atoms in total. The molecule has 0 aliphatic carbocycles. The molecule has 0 bridgehead atoms. The van der Waals surface area contributed by atoms with Gasteiger partial charge in [-0.1, -0.05) is 35.0 Å². The van der Waals surface area contributed by atoms with E-state index in [4.69, 9.17) is 16.1 Å². The van der Waals surface area contributed by atoms with E-state index in [9.17, 15) is 29.1 Å². The zero-order chi connectivity index (χ0) is 30.5. The largest absolute Gasteiger partial charge is 0.480 e. The van der Waals surface area contributed by atoms with Gasteiger partial charge in [-0.25, -0.2) is 4.79 Å². The van der Waals surface area contributed by atoms with Crippen LogP contribution in [0.3, 0.4) is 0 Å². The van der Waals surface area contributed by atoms with Gasteiger partial charge in [0.05, 0.1) is 5.02 Å². The van der Waals surface area contributed by atoms with Crippen molar-refractivity contribution in [3.8, 4) is 11.3 Å². The highest BCUT2D eigenvalue weighted by Gasteiger charge is 2.67. The lowest BCUT2D eigenvalue weighted by Crippen LogP contribution is -2.74. The Morgan fingerprint density at radius 3 is 2.10 bits per heavy atom. The van der Waals surface area contributed by atoms with Crippen LogP contribution in [0.4, 0.5) is 0 Å². The molecular weight excluding hydrogens is 606 g/mol. The fraction of sp³-hybridized carbons (Fsp3) is 0.481. The lowest BCUT2D eigenvalue weighted by molar-refractivity contribution is -0.162. The Hall–Kier alpha value is -3.23. The third kappa shape index (κ3) is 4.13. The fourth-order valence-electron chi connectivity index (χ4n) is 6.24. The maximum Gasteiger partial charge on any atom is 0.327 e. The molecule has 6 atom stereocenters. The van der Waals surface area contributed by atoms with Crippen LogP contribution in [0.5, 0.6) is 0 Å². The Bertz CT molecular complexity index is 1560. The number of carbonyl (C=O) groups excluding carboxylic acids is 4. The lowest BCUT2D eigenvalue weighted by Gasteiger charge is -2.46. The van der Waals surface area contributed by atoms with Gasteiger partial charge in [0.2, 0.25) is 17.7 Å². The van der Waals surface area contributed by atoms with Gasteiger partial charge in [-0.2, -0.15) is 0 Å². The van der Waals surface area contributed by atoms with Gasteiger partial charge >= 0.3 is 5.97 Å². The molecule has 0 saturated carbocycles. The van der Waals surface area contributed by atoms with Gasteiger partial charge in [-0.15, -0.1) is 23.5 Å². The molecular formula is C27H28ClN5O7S2. The summed E-state index contributed by atoms with van der Waals surface area (Å²) in [4.78, 5) is 67.8. The van der Waals surface area contributed by atoms with Crippen molar-refractivity contribution in [2.45, 2.75) is 79.0 Å². The second-order valence-corrected chi connectivity index (χ2v) is 15.7. The molecule has 4 aliphatic heterocycles. The summed E-state index contributed by atoms with van der Waals surface area (Å²) < 4.78 is 3.82. The summed E-state index contributed by atoms with van der Waals surface area (Å²) in [5, 5.41) is 18.6. The number of nitrogens with one attached hydrogen (secondary N) is 2. The van der Waals surface area contributed by atoms with Crippen molar-refractivity contribution in [1.29, 1.82) is 0 Å². The van der Waals surface area contributed by atoms with E-state index in [1.54, 1.807) is 45.0 Å². The second kappa shape index (κ2) is 9.64. The van der Waals surface area contributed by atoms with E-state index in [2.05, 4.69) is 15.8 Å². The van der Waals surface area contributed by atoms with Gasteiger partial charge in [0.15, 0.2) is 0 Å². The molecule has 1 aromatic carbocycles. The molecule has 15 heteroatoms. The Morgan fingerprint density at radius 2 is 1.50 bits per heavy atom. The van der Waals surface area contributed by atoms with Crippen molar-refractivity contribution in [2.24, 2.45) is 0 Å². The third-order valence-electron chi connectivity index (χ3n) is 8.17. The number of aliphatic carboxylic acids is 1. The van der Waals surface area contributed by atoms with Crippen molar-refractivity contribution >= 4 is 64.7 Å². The number of amides is 4. The number of hydrogen-bond acceptors (Lipinski definition) is 9. The van der Waals surface area contributed by atoms with Crippen LogP contribution in [-0.4, -0.2) is 94.1 Å². The standard InChI is InChI=1S/C27H28ClN5O7S2/c1-10-13(14(31-40-10)11-8-6-7-9-12(11)28)19(34)29-15-21(36)32-17(26(2,3)41-23(15)32)20(35)30-16-22(37)33-18(25(38)39)27(4,5)42-24(16)33/h6-9,15-18,23-24H,1-5H3,(H,29,34)(H,30,35)(H,38,39)/t15-,16-,17+,18+,23-,24-/m1/s1. The number of β-lactam (4-membered cyclic amide) rings is 2. The molecule has 4 amide bonds. The lowest BCUT2D eigenvalue weighted by atomic mass is 9.93. The van der Waals surface area contributed by atoms with Crippen LogP contribution in [0.1, 0.15) is 43.8 Å². The van der Waals surface area contributed by atoms with Gasteiger partial charge < -0.3 is 30.1 Å². The Kier molecular flexibility index (Phi) is 6.63. The molecule has 0 spiro atoms. The van der Waals surface area contributed by atoms with Crippen LogP contribution < -0.4 is 10.6 Å². The average Bonchev–Trinajstić information content (AvgIpc) is 3.51. The van der Waals surface area contributed by atoms with E-state index < -0.39 is 74.0 Å². The van der Waals surface area contributed by atoms with Crippen LogP contribution in [0, 0.1) is 6.92 Å². The first-order valence-electron chi connectivity index (χ1n) is 13.2. The van der Waals surface area contributed by atoms with Crippen molar-refractivity contribution in [2.75, 3.05) is 0 Å². The Labute approximate surface area is 254 Å². The Balaban J connectivity index is 1.17. The van der Waals surface area contributed by atoms with E-state index in [-0.39, 0.29) is 17.0 Å². The summed E-state index contributed by atoms with van der Waals surface area (Å²) in [7, 11) is 0. The number of aromatic nitrogens is 1. The summed E-state index contributed by atoms with van der Waals surface area (Å²) in [5.74, 6) is -2.77. The number of thioether (sulfide) groups is 2. The predicted molar refractivity (Wildman–Crippen MR) is 155 cm³/mol. The number of nitrogens with zero attached hydrogens (tertiary/aromatic N) is 3. The van der Waals surface area contributed by atoms with E-state index in [0.717, 1.165) is 0 Å². The first-order valence-corrected chi connectivity index (χ1v) is 15.3. The SMILES string of the molecule is Cc1onc(-c2ccccc2Cl)c1C(=O)N[C@@H]1C(=O)N2[C@@H]1SC(C)(C)[C@@H]2C(=O)N[C@@H]1C(=O)N2[C@@H]1SC(C)(C)[C@@H]2C(=O)O. The number of rotatable bonds is 6. The smallest absolute Gasteiger partial charge is 0.327 e. The number of benzene rings is 1. The van der Waals surface area contributed by atoms with Gasteiger partial charge in [0.1, 0.15) is 51.9 Å². The van der Waals surface area contributed by atoms with Crippen LogP contribution >= 0.6 is 35.1 Å². The van der Waals surface area contributed by atoms with Crippen LogP contribution in [0.25, 0.3) is 11.3 Å². The van der Waals surface area contributed by atoms with Crippen molar-refractivity contribution in [3.05, 3.63) is 40.6 Å². The minimum Gasteiger partial charge on any atom is -0.480 e. The minimum atomic E-state index is -1.09. The summed E-state index contributed by atoms with van der Waals surface area (Å²) in [6, 6.07) is 3.21. The first kappa shape index (κ1) is 28.9. The molecule has 4 fully saturated rings. The molecule has 42 heavy (non-hydrogen) atoms. The van der Waals surface area contributed by atoms with Crippen molar-refractivity contribution in [1.82, 2.24) is 25.6 Å². The number of carboxylic acid groups (broad SMARTS) is 1. The highest BCUT2D eigenvalue weighted by molar-refractivity contribution is 8.02. The molecule has 0 unspecified atom stereocenters. The normalized spacial score (nSPS) is 30.2. The van der Waals surface area contributed by atoms with E-state index >= 15 is 0 Å². The number of halogens is 1. The third-order valence-corrected chi connectivity index (χ3v) is 11.6. The van der Waals surface area contributed by atoms with E-state index in [0.29, 0.717) is 10.6 Å². The van der Waals surface area contributed by atoms with Crippen LogP contribution in [0.15, 0.2) is 28.8 Å². The van der Waals surface area contributed by atoms with Gasteiger partial charge in [-0.3, -0.25) is 19.2 Å². The summed E-state index contributed by atoms with van der Waals surface area (Å²) >= 11 is 9.03. The molecule has 0 radical (unpaired) electrons. The van der Waals surface area contributed by atoms with Crippen molar-refractivity contribution < 1.29 is 33.6 Å². The number of aryl methyl sites for hydroxylation is 1. The van der Waals surface area contributed by atoms with E-state index in [1.165, 1.54) is 33.3 Å². The topological polar surface area (TPSA) is 162 Å². The Morgan fingerprint density at radius 1 is 0.952 bits per heavy atom. The van der Waals surface area contributed by atoms with Crippen LogP contribution in [-0.2, 0) is 19.2 Å². The number of hydrogen-bond donors (Lipinski definition) is 3. The van der Waals surface area contributed by atoms with Crippen LogP contribution in [0.2, 0.25) is 5.02 Å². The monoisotopic (exact) mass is 633 g/mol. The maximum absolute atomic E-state index is 13.6. The summed E-state index contributed by atoms with van der Waals surface area (Å²) in [5.41, 5.74) is 0.933. The number of carboxylic acids is 1. The summed E-state index contributed by atoms with van der Waals surface area (Å²) in [6.45, 7) is 8.77. The fourth-order valence-corrected chi connectivity index (χ4v) is 9.72. The minimum absolute atomic E-state index is 0.163. The molecule has 4 saturated heterocycles. The maximum atomic E-state index is 13.6. The summed E-state index contributed by atoms with van der Waals surface area (Å²) in [6.07, 6.45) is 0.